The summed E-state index contributed by atoms with van der Waals surface area (Å²) in [5.74, 6) is 0.928. The molecule has 0 saturated heterocycles. The van der Waals surface area contributed by atoms with Crippen LogP contribution >= 0.6 is 11.6 Å². The number of hydrogen-bond donors (Lipinski definition) is 0. The zero-order chi connectivity index (χ0) is 15.3. The van der Waals surface area contributed by atoms with Gasteiger partial charge in [0.25, 0.3) is 11.3 Å². The average molecular weight is 313 g/mol. The summed E-state index contributed by atoms with van der Waals surface area (Å²) in [5, 5.41) is 12.6. The lowest BCUT2D eigenvalue weighted by atomic mass is 10.3. The third-order valence-corrected chi connectivity index (χ3v) is 3.64. The Labute approximate surface area is 128 Å². The van der Waals surface area contributed by atoms with Crippen molar-refractivity contribution in [2.45, 2.75) is 6.92 Å². The van der Waals surface area contributed by atoms with Gasteiger partial charge in [0.05, 0.1) is 10.7 Å². The molecule has 0 unspecified atom stereocenters. The Morgan fingerprint density at radius 2 is 1.95 bits per heavy atom. The van der Waals surface area contributed by atoms with Gasteiger partial charge in [0.1, 0.15) is 11.3 Å². The average Bonchev–Trinajstić information content (AvgIpc) is 2.89. The molecule has 0 bridgehead atoms. The Balaban J connectivity index is 2.08. The van der Waals surface area contributed by atoms with Crippen molar-refractivity contribution in [2.24, 2.45) is 0 Å². The van der Waals surface area contributed by atoms with Crippen molar-refractivity contribution < 1.29 is 0 Å². The van der Waals surface area contributed by atoms with Crippen molar-refractivity contribution >= 4 is 28.4 Å². The summed E-state index contributed by atoms with van der Waals surface area (Å²) >= 11 is 6.16. The molecule has 0 fully saturated rings. The summed E-state index contributed by atoms with van der Waals surface area (Å²) < 4.78 is 2.95. The maximum atomic E-state index is 12.7. The molecule has 0 atom stereocenters. The first-order chi connectivity index (χ1) is 10.6. The number of para-hydroxylation sites is 1. The predicted molar refractivity (Wildman–Crippen MR) is 81.4 cm³/mol. The molecule has 0 aliphatic rings. The molecule has 0 radical (unpaired) electrons. The Kier molecular flexibility index (Phi) is 2.70. The van der Waals surface area contributed by atoms with Crippen LogP contribution in [0.4, 0.5) is 0 Å². The minimum Gasteiger partial charge on any atom is -0.281 e. The minimum absolute atomic E-state index is 0.208. The molecule has 0 aliphatic heterocycles. The summed E-state index contributed by atoms with van der Waals surface area (Å²) in [5.41, 5.74) is 1.04. The monoisotopic (exact) mass is 312 g/mol. The van der Waals surface area contributed by atoms with Gasteiger partial charge in [0.15, 0.2) is 5.52 Å². The lowest BCUT2D eigenvalue weighted by Gasteiger charge is -2.08. The maximum Gasteiger partial charge on any atom is 0.285 e. The van der Waals surface area contributed by atoms with Crippen LogP contribution in [-0.4, -0.2) is 29.4 Å². The van der Waals surface area contributed by atoms with Crippen LogP contribution in [-0.2, 0) is 0 Å². The number of aromatic nitrogens is 6. The zero-order valence-electron chi connectivity index (χ0n) is 11.4. The van der Waals surface area contributed by atoms with E-state index in [2.05, 4.69) is 20.3 Å². The first kappa shape index (κ1) is 12.9. The highest BCUT2D eigenvalue weighted by atomic mass is 35.5. The SMILES string of the molecule is Cc1nc2nnc3c(=O)n(-c4ccccc4Cl)ccc3n2n1. The molecule has 4 rings (SSSR count). The van der Waals surface area contributed by atoms with E-state index in [1.165, 1.54) is 9.08 Å². The molecule has 1 aromatic carbocycles. The second-order valence-electron chi connectivity index (χ2n) is 4.75. The lowest BCUT2D eigenvalue weighted by molar-refractivity contribution is 0.905. The Morgan fingerprint density at radius 3 is 2.77 bits per heavy atom. The fourth-order valence-corrected chi connectivity index (χ4v) is 2.57. The van der Waals surface area contributed by atoms with E-state index < -0.39 is 0 Å². The molecule has 0 spiro atoms. The summed E-state index contributed by atoms with van der Waals surface area (Å²) in [6, 6.07) is 8.85. The van der Waals surface area contributed by atoms with E-state index >= 15 is 0 Å². The number of aryl methyl sites for hydroxylation is 1. The first-order valence-electron chi connectivity index (χ1n) is 6.51. The van der Waals surface area contributed by atoms with E-state index in [9.17, 15) is 4.79 Å². The largest absolute Gasteiger partial charge is 0.285 e. The van der Waals surface area contributed by atoms with Crippen LogP contribution < -0.4 is 5.56 Å². The van der Waals surface area contributed by atoms with E-state index in [0.717, 1.165) is 0 Å². The van der Waals surface area contributed by atoms with E-state index in [-0.39, 0.29) is 11.1 Å². The Hall–Kier alpha value is -2.80. The van der Waals surface area contributed by atoms with Crippen LogP contribution in [0.25, 0.3) is 22.5 Å². The van der Waals surface area contributed by atoms with Crippen molar-refractivity contribution in [3.05, 3.63) is 57.7 Å². The molecule has 0 aliphatic carbocycles. The van der Waals surface area contributed by atoms with Gasteiger partial charge in [0.2, 0.25) is 0 Å². The number of fused-ring (bicyclic) bond motifs is 3. The van der Waals surface area contributed by atoms with Gasteiger partial charge < -0.3 is 0 Å². The molecule has 7 nitrogen and oxygen atoms in total. The summed E-state index contributed by atoms with van der Waals surface area (Å²) in [4.78, 5) is 16.8. The number of benzene rings is 1. The molecular formula is C14H9ClN6O. The predicted octanol–water partition coefficient (Wildman–Crippen LogP) is 1.79. The summed E-state index contributed by atoms with van der Waals surface area (Å²) in [6.07, 6.45) is 1.64. The van der Waals surface area contributed by atoms with Crippen LogP contribution in [0.15, 0.2) is 41.3 Å². The lowest BCUT2D eigenvalue weighted by Crippen LogP contribution is -2.20. The van der Waals surface area contributed by atoms with Gasteiger partial charge >= 0.3 is 0 Å². The molecule has 0 amide bonds. The van der Waals surface area contributed by atoms with Crippen molar-refractivity contribution in [1.82, 2.24) is 29.4 Å². The van der Waals surface area contributed by atoms with E-state index in [0.29, 0.717) is 27.8 Å². The Bertz CT molecular complexity index is 1080. The van der Waals surface area contributed by atoms with Crippen LogP contribution in [0.3, 0.4) is 0 Å². The van der Waals surface area contributed by atoms with Gasteiger partial charge in [-0.1, -0.05) is 23.7 Å². The fraction of sp³-hybridized carbons (Fsp3) is 0.0714. The minimum atomic E-state index is -0.312. The van der Waals surface area contributed by atoms with E-state index in [1.54, 1.807) is 37.4 Å². The van der Waals surface area contributed by atoms with Gasteiger partial charge in [-0.25, -0.2) is 0 Å². The van der Waals surface area contributed by atoms with Crippen molar-refractivity contribution in [3.63, 3.8) is 0 Å². The van der Waals surface area contributed by atoms with Crippen molar-refractivity contribution in [1.29, 1.82) is 0 Å². The molecular weight excluding hydrogens is 304 g/mol. The van der Waals surface area contributed by atoms with Crippen LogP contribution in [0.5, 0.6) is 0 Å². The van der Waals surface area contributed by atoms with Gasteiger partial charge in [-0.05, 0) is 25.1 Å². The van der Waals surface area contributed by atoms with Gasteiger partial charge in [0, 0.05) is 6.20 Å². The highest BCUT2D eigenvalue weighted by molar-refractivity contribution is 6.32. The molecule has 0 N–H and O–H groups in total. The van der Waals surface area contributed by atoms with Crippen molar-refractivity contribution in [3.8, 4) is 5.69 Å². The van der Waals surface area contributed by atoms with Gasteiger partial charge in [-0.15, -0.1) is 15.3 Å². The van der Waals surface area contributed by atoms with Crippen molar-refractivity contribution in [2.75, 3.05) is 0 Å². The maximum absolute atomic E-state index is 12.7. The third-order valence-electron chi connectivity index (χ3n) is 3.32. The van der Waals surface area contributed by atoms with E-state index in [1.807, 2.05) is 6.07 Å². The smallest absolute Gasteiger partial charge is 0.281 e. The van der Waals surface area contributed by atoms with Gasteiger partial charge in [-0.2, -0.15) is 9.50 Å². The molecule has 3 heterocycles. The fourth-order valence-electron chi connectivity index (χ4n) is 2.34. The zero-order valence-corrected chi connectivity index (χ0v) is 12.2. The molecule has 108 valence electrons. The normalized spacial score (nSPS) is 11.4. The highest BCUT2D eigenvalue weighted by Gasteiger charge is 2.13. The second-order valence-corrected chi connectivity index (χ2v) is 5.15. The van der Waals surface area contributed by atoms with Gasteiger partial charge in [-0.3, -0.25) is 9.36 Å². The quantitative estimate of drug-likeness (QED) is 0.535. The highest BCUT2D eigenvalue weighted by Crippen LogP contribution is 2.19. The number of nitrogens with zero attached hydrogens (tertiary/aromatic N) is 6. The third kappa shape index (κ3) is 1.79. The van der Waals surface area contributed by atoms with Crippen LogP contribution in [0.1, 0.15) is 5.82 Å². The van der Waals surface area contributed by atoms with Crippen LogP contribution in [0, 0.1) is 6.92 Å². The molecule has 8 heteroatoms. The Morgan fingerprint density at radius 1 is 1.14 bits per heavy atom. The topological polar surface area (TPSA) is 78.0 Å². The van der Waals surface area contributed by atoms with E-state index in [4.69, 9.17) is 11.6 Å². The van der Waals surface area contributed by atoms with Crippen LogP contribution in [0.2, 0.25) is 5.02 Å². The second kappa shape index (κ2) is 4.60. The number of halogens is 1. The number of rotatable bonds is 1. The molecule has 22 heavy (non-hydrogen) atoms. The summed E-state index contributed by atoms with van der Waals surface area (Å²) in [7, 11) is 0. The molecule has 4 aromatic rings. The number of hydrogen-bond acceptors (Lipinski definition) is 5. The molecule has 3 aromatic heterocycles. The molecule has 0 saturated carbocycles. The number of pyridine rings is 1. The standard InChI is InChI=1S/C14H9ClN6O/c1-8-16-14-18-17-12-11(21(14)19-8)6-7-20(13(12)22)10-5-3-2-4-9(10)15/h2-7H,1H3. The summed E-state index contributed by atoms with van der Waals surface area (Å²) in [6.45, 7) is 1.76. The first-order valence-corrected chi connectivity index (χ1v) is 6.89.